The predicted molar refractivity (Wildman–Crippen MR) is 163 cm³/mol. The Hall–Kier alpha value is -2.36. The van der Waals surface area contributed by atoms with E-state index in [1.807, 2.05) is 0 Å². The number of aromatic amines is 1. The van der Waals surface area contributed by atoms with E-state index in [-0.39, 0.29) is 44.9 Å². The first-order valence-electron chi connectivity index (χ1n) is 16.1. The summed E-state index contributed by atoms with van der Waals surface area (Å²) >= 11 is 0. The van der Waals surface area contributed by atoms with E-state index in [9.17, 15) is 9.59 Å². The second-order valence-electron chi connectivity index (χ2n) is 16.7. The van der Waals surface area contributed by atoms with E-state index in [1.54, 1.807) is 0 Å². The first-order valence-corrected chi connectivity index (χ1v) is 16.1. The predicted octanol–water partition coefficient (Wildman–Crippen LogP) is 8.34. The van der Waals surface area contributed by atoms with Crippen LogP contribution in [0.25, 0.3) is 10.9 Å². The van der Waals surface area contributed by atoms with E-state index in [0.29, 0.717) is 11.7 Å². The van der Waals surface area contributed by atoms with Crippen LogP contribution in [0.4, 0.5) is 0 Å². The monoisotopic (exact) mass is 555 g/mol. The van der Waals surface area contributed by atoms with E-state index >= 15 is 0 Å². The molecule has 0 saturated heterocycles. The molecule has 7 rings (SSSR count). The fourth-order valence-corrected chi connectivity index (χ4v) is 11.9. The van der Waals surface area contributed by atoms with Gasteiger partial charge >= 0.3 is 5.97 Å². The van der Waals surface area contributed by atoms with Gasteiger partial charge in [-0.15, -0.1) is 0 Å². The number of allylic oxidation sites excluding steroid dienone is 2. The number of benzene rings is 1. The van der Waals surface area contributed by atoms with Crippen LogP contribution in [-0.4, -0.2) is 23.8 Å². The van der Waals surface area contributed by atoms with Gasteiger partial charge in [0.15, 0.2) is 5.78 Å². The maximum atomic E-state index is 14.8. The van der Waals surface area contributed by atoms with Crippen LogP contribution in [0.2, 0.25) is 0 Å². The van der Waals surface area contributed by atoms with Crippen LogP contribution in [0.15, 0.2) is 35.9 Å². The van der Waals surface area contributed by atoms with E-state index in [4.69, 9.17) is 4.74 Å². The summed E-state index contributed by atoms with van der Waals surface area (Å²) in [5.74, 6) is 0.923. The standard InChI is InChI=1S/C37H49NO3/c1-32(2)28-13-14-37(7)29(35(28,5)20-23-22-11-9-10-12-26(22)38-30(23)32)27(39)19-24-25-21-34(4,31(40)41-8)16-15-33(25,3)17-18-36(24,37)6/h9-12,19,25,28-29,38H,13-18,20-21H2,1-8H3/t25-,28-,29-,33-,34+,35+,36-,37-/m1/s1. The molecule has 8 atom stereocenters. The van der Waals surface area contributed by atoms with Crippen LogP contribution in [0.3, 0.4) is 0 Å². The third-order valence-electron chi connectivity index (χ3n) is 14.4. The Morgan fingerprint density at radius 3 is 2.39 bits per heavy atom. The van der Waals surface area contributed by atoms with Crippen molar-refractivity contribution in [1.29, 1.82) is 0 Å². The number of methoxy groups -OCH3 is 1. The summed E-state index contributed by atoms with van der Waals surface area (Å²) < 4.78 is 5.31. The average Bonchev–Trinajstić information content (AvgIpc) is 3.29. The zero-order valence-corrected chi connectivity index (χ0v) is 26.5. The lowest BCUT2D eigenvalue weighted by Gasteiger charge is -2.70. The molecule has 3 saturated carbocycles. The summed E-state index contributed by atoms with van der Waals surface area (Å²) in [6.45, 7) is 16.8. The summed E-state index contributed by atoms with van der Waals surface area (Å²) in [4.78, 5) is 31.6. The molecule has 220 valence electrons. The molecule has 1 aromatic carbocycles. The van der Waals surface area contributed by atoms with Crippen molar-refractivity contribution < 1.29 is 14.3 Å². The van der Waals surface area contributed by atoms with Crippen molar-refractivity contribution in [1.82, 2.24) is 4.98 Å². The minimum absolute atomic E-state index is 0.0106. The molecule has 0 bridgehead atoms. The summed E-state index contributed by atoms with van der Waals surface area (Å²) in [6.07, 6.45) is 10.3. The van der Waals surface area contributed by atoms with Crippen molar-refractivity contribution in [2.24, 2.45) is 44.8 Å². The van der Waals surface area contributed by atoms with Gasteiger partial charge in [0.2, 0.25) is 0 Å². The van der Waals surface area contributed by atoms with Crippen molar-refractivity contribution in [2.45, 2.75) is 105 Å². The van der Waals surface area contributed by atoms with Gasteiger partial charge in [-0.2, -0.15) is 0 Å². The Balaban J connectivity index is 1.37. The molecule has 0 aliphatic heterocycles. The molecule has 2 aromatic rings. The molecular weight excluding hydrogens is 506 g/mol. The van der Waals surface area contributed by atoms with Crippen molar-refractivity contribution >= 4 is 22.7 Å². The number of carbonyl (C=O) groups is 2. The number of hydrogen-bond acceptors (Lipinski definition) is 3. The molecule has 1 heterocycles. The zero-order valence-electron chi connectivity index (χ0n) is 26.5. The van der Waals surface area contributed by atoms with Crippen molar-refractivity contribution in [3.8, 4) is 0 Å². The number of para-hydroxylation sites is 1. The summed E-state index contributed by atoms with van der Waals surface area (Å²) in [7, 11) is 1.52. The highest BCUT2D eigenvalue weighted by Gasteiger charge is 2.70. The van der Waals surface area contributed by atoms with Crippen LogP contribution in [0.5, 0.6) is 0 Å². The van der Waals surface area contributed by atoms with Gasteiger partial charge in [-0.3, -0.25) is 9.59 Å². The Morgan fingerprint density at radius 1 is 0.951 bits per heavy atom. The van der Waals surface area contributed by atoms with Crippen LogP contribution in [0.1, 0.15) is 105 Å². The maximum absolute atomic E-state index is 14.8. The van der Waals surface area contributed by atoms with Crippen molar-refractivity contribution in [2.75, 3.05) is 7.11 Å². The molecule has 4 heteroatoms. The molecule has 4 nitrogen and oxygen atoms in total. The number of hydrogen-bond donors (Lipinski definition) is 1. The van der Waals surface area contributed by atoms with E-state index in [1.165, 1.54) is 34.8 Å². The normalized spacial score (nSPS) is 44.5. The molecule has 1 N–H and O–H groups in total. The number of esters is 1. The molecule has 5 aliphatic carbocycles. The Labute approximate surface area is 246 Å². The molecule has 0 amide bonds. The van der Waals surface area contributed by atoms with Gasteiger partial charge < -0.3 is 9.72 Å². The van der Waals surface area contributed by atoms with Gasteiger partial charge in [0.1, 0.15) is 0 Å². The number of nitrogens with one attached hydrogen (secondary N) is 1. The highest BCUT2D eigenvalue weighted by atomic mass is 16.5. The number of H-pyrrole nitrogens is 1. The van der Waals surface area contributed by atoms with Gasteiger partial charge in [0, 0.05) is 27.9 Å². The lowest BCUT2D eigenvalue weighted by Crippen LogP contribution is -2.66. The van der Waals surface area contributed by atoms with Crippen LogP contribution < -0.4 is 0 Å². The number of ketones is 1. The number of fused-ring (bicyclic) bond motifs is 10. The molecule has 41 heavy (non-hydrogen) atoms. The first-order chi connectivity index (χ1) is 19.1. The Morgan fingerprint density at radius 2 is 1.66 bits per heavy atom. The highest BCUT2D eigenvalue weighted by Crippen LogP contribution is 2.75. The van der Waals surface area contributed by atoms with Gasteiger partial charge in [-0.05, 0) is 109 Å². The number of aromatic nitrogens is 1. The van der Waals surface area contributed by atoms with Gasteiger partial charge in [-0.25, -0.2) is 0 Å². The Bertz CT molecular complexity index is 1510. The first kappa shape index (κ1) is 27.5. The second kappa shape index (κ2) is 8.17. The molecule has 0 radical (unpaired) electrons. The topological polar surface area (TPSA) is 59.2 Å². The van der Waals surface area contributed by atoms with Crippen molar-refractivity contribution in [3.63, 3.8) is 0 Å². The van der Waals surface area contributed by atoms with Gasteiger partial charge in [0.05, 0.1) is 12.5 Å². The number of rotatable bonds is 1. The molecule has 1 aromatic heterocycles. The summed E-state index contributed by atoms with van der Waals surface area (Å²) in [6, 6.07) is 8.73. The van der Waals surface area contributed by atoms with Crippen molar-refractivity contribution in [3.05, 3.63) is 47.2 Å². The average molecular weight is 556 g/mol. The third kappa shape index (κ3) is 3.23. The lowest BCUT2D eigenvalue weighted by molar-refractivity contribution is -0.174. The van der Waals surface area contributed by atoms with Gasteiger partial charge in [-0.1, -0.05) is 65.3 Å². The van der Waals surface area contributed by atoms with E-state index in [0.717, 1.165) is 51.4 Å². The van der Waals surface area contributed by atoms with E-state index in [2.05, 4.69) is 83.8 Å². The van der Waals surface area contributed by atoms with E-state index < -0.39 is 5.41 Å². The maximum Gasteiger partial charge on any atom is 0.311 e. The minimum Gasteiger partial charge on any atom is -0.469 e. The quantitative estimate of drug-likeness (QED) is 0.360. The number of carbonyl (C=O) groups excluding carboxylic acids is 2. The fourth-order valence-electron chi connectivity index (χ4n) is 11.9. The SMILES string of the molecule is COC(=O)[C@@]1(C)CC[C@]2(C)CC[C@]3(C)C(=CC(=O)[C@@H]4[C@@]5(C)Cc6c([nH]c7ccccc67)C(C)(C)[C@H]5CC[C@]43C)[C@H]2C1. The molecule has 0 spiro atoms. The van der Waals surface area contributed by atoms with Crippen LogP contribution in [0, 0.1) is 44.8 Å². The largest absolute Gasteiger partial charge is 0.469 e. The fraction of sp³-hybridized carbons (Fsp3) is 0.676. The van der Waals surface area contributed by atoms with Crippen LogP contribution in [-0.2, 0) is 26.2 Å². The summed E-state index contributed by atoms with van der Waals surface area (Å²) in [5.41, 5.74) is 4.72. The highest BCUT2D eigenvalue weighted by molar-refractivity contribution is 5.96. The minimum atomic E-state index is -0.485. The summed E-state index contributed by atoms with van der Waals surface area (Å²) in [5, 5.41) is 1.32. The lowest BCUT2D eigenvalue weighted by atomic mass is 9.33. The Kier molecular flexibility index (Phi) is 5.47. The second-order valence-corrected chi connectivity index (χ2v) is 16.7. The van der Waals surface area contributed by atoms with Crippen LogP contribution >= 0.6 is 0 Å². The molecular formula is C37H49NO3. The number of ether oxygens (including phenoxy) is 1. The zero-order chi connectivity index (χ0) is 29.4. The molecule has 0 unspecified atom stereocenters. The smallest absolute Gasteiger partial charge is 0.311 e. The molecule has 5 aliphatic rings. The third-order valence-corrected chi connectivity index (χ3v) is 14.4. The molecule has 3 fully saturated rings. The van der Waals surface area contributed by atoms with Gasteiger partial charge in [0.25, 0.3) is 0 Å².